The predicted molar refractivity (Wildman–Crippen MR) is 90.8 cm³/mol. The molecule has 0 radical (unpaired) electrons. The minimum Gasteiger partial charge on any atom is -0.383 e. The van der Waals surface area contributed by atoms with Gasteiger partial charge in [0.2, 0.25) is 0 Å². The largest absolute Gasteiger partial charge is 0.383 e. The molecule has 6 heteroatoms. The number of nitrogens with zero attached hydrogens (tertiary/aromatic N) is 4. The van der Waals surface area contributed by atoms with E-state index >= 15 is 0 Å². The molecule has 0 bridgehead atoms. The van der Waals surface area contributed by atoms with Crippen LogP contribution < -0.4 is 10.6 Å². The summed E-state index contributed by atoms with van der Waals surface area (Å²) in [7, 11) is 0. The first kappa shape index (κ1) is 13.3. The third kappa shape index (κ3) is 2.36. The Bertz CT molecular complexity index is 934. The van der Waals surface area contributed by atoms with E-state index in [1.54, 1.807) is 18.6 Å². The van der Waals surface area contributed by atoms with Crippen molar-refractivity contribution in [3.63, 3.8) is 0 Å². The first-order chi connectivity index (χ1) is 11.3. The number of H-pyrrole nitrogens is 1. The molecule has 0 aliphatic carbocycles. The Morgan fingerprint density at radius 1 is 0.957 bits per heavy atom. The highest BCUT2D eigenvalue weighted by Gasteiger charge is 2.16. The number of hydrogen-bond acceptors (Lipinski definition) is 5. The van der Waals surface area contributed by atoms with Crippen molar-refractivity contribution >= 4 is 33.9 Å². The molecule has 0 fully saturated rings. The van der Waals surface area contributed by atoms with Crippen molar-refractivity contribution < 1.29 is 0 Å². The summed E-state index contributed by atoms with van der Waals surface area (Å²) in [5.41, 5.74) is 7.07. The van der Waals surface area contributed by atoms with Gasteiger partial charge in [-0.25, -0.2) is 4.98 Å². The maximum absolute atomic E-state index is 6.15. The van der Waals surface area contributed by atoms with E-state index in [-0.39, 0.29) is 0 Å². The number of nitrogen functional groups attached to an aromatic ring is 1. The van der Waals surface area contributed by atoms with Crippen molar-refractivity contribution in [3.05, 3.63) is 67.1 Å². The fourth-order valence-electron chi connectivity index (χ4n) is 2.59. The predicted octanol–water partition coefficient (Wildman–Crippen LogP) is 3.40. The molecule has 4 aromatic rings. The number of aromatic amines is 1. The minimum absolute atomic E-state index is 0.497. The summed E-state index contributed by atoms with van der Waals surface area (Å²) < 4.78 is 0. The summed E-state index contributed by atoms with van der Waals surface area (Å²) in [6.07, 6.45) is 5.18. The summed E-state index contributed by atoms with van der Waals surface area (Å²) in [4.78, 5) is 10.6. The molecule has 23 heavy (non-hydrogen) atoms. The van der Waals surface area contributed by atoms with Crippen molar-refractivity contribution in [2.45, 2.75) is 0 Å². The van der Waals surface area contributed by atoms with Crippen LogP contribution in [0, 0.1) is 0 Å². The Morgan fingerprint density at radius 3 is 2.57 bits per heavy atom. The quantitative estimate of drug-likeness (QED) is 0.606. The van der Waals surface area contributed by atoms with Gasteiger partial charge in [0.05, 0.1) is 11.9 Å². The number of pyridine rings is 2. The molecule has 3 N–H and O–H groups in total. The van der Waals surface area contributed by atoms with Gasteiger partial charge in [0.15, 0.2) is 0 Å². The molecule has 0 atom stereocenters. The molecule has 0 aliphatic rings. The van der Waals surface area contributed by atoms with Crippen LogP contribution in [0.1, 0.15) is 0 Å². The molecule has 112 valence electrons. The van der Waals surface area contributed by atoms with Crippen LogP contribution in [0.3, 0.4) is 0 Å². The fraction of sp³-hybridized carbons (Fsp3) is 0. The van der Waals surface area contributed by atoms with E-state index in [0.29, 0.717) is 5.82 Å². The second-order valence-corrected chi connectivity index (χ2v) is 5.07. The molecule has 1 aromatic carbocycles. The van der Waals surface area contributed by atoms with Crippen molar-refractivity contribution in [2.24, 2.45) is 0 Å². The van der Waals surface area contributed by atoms with Crippen LogP contribution in [-0.4, -0.2) is 20.2 Å². The number of anilines is 4. The summed E-state index contributed by atoms with van der Waals surface area (Å²) in [6, 6.07) is 15.6. The number of hydrogen-bond donors (Lipinski definition) is 2. The van der Waals surface area contributed by atoms with E-state index in [4.69, 9.17) is 5.73 Å². The number of aromatic nitrogens is 4. The van der Waals surface area contributed by atoms with Gasteiger partial charge in [-0.2, -0.15) is 5.10 Å². The summed E-state index contributed by atoms with van der Waals surface area (Å²) in [6.45, 7) is 0. The maximum atomic E-state index is 6.15. The van der Waals surface area contributed by atoms with Gasteiger partial charge in [-0.15, -0.1) is 0 Å². The smallest absolute Gasteiger partial charge is 0.141 e. The first-order valence-electron chi connectivity index (χ1n) is 7.18. The molecule has 4 rings (SSSR count). The zero-order chi connectivity index (χ0) is 15.6. The second-order valence-electron chi connectivity index (χ2n) is 5.07. The Labute approximate surface area is 132 Å². The highest BCUT2D eigenvalue weighted by Crippen LogP contribution is 2.34. The number of nitrogens with two attached hydrogens (primary N) is 1. The monoisotopic (exact) mass is 302 g/mol. The standard InChI is InChI=1S/C17H14N6/c18-17-14-4-2-1-3-12(14)11-16(21-17)23(15-7-10-20-22-15)13-5-8-19-9-6-13/h1-11H,(H2,18,21)(H,20,22). The zero-order valence-electron chi connectivity index (χ0n) is 12.2. The van der Waals surface area contributed by atoms with Gasteiger partial charge < -0.3 is 5.73 Å². The molecular formula is C17H14N6. The van der Waals surface area contributed by atoms with Crippen LogP contribution in [0.25, 0.3) is 10.8 Å². The van der Waals surface area contributed by atoms with Gasteiger partial charge in [-0.3, -0.25) is 15.0 Å². The molecule has 3 heterocycles. The molecule has 6 nitrogen and oxygen atoms in total. The number of fused-ring (bicyclic) bond motifs is 1. The minimum atomic E-state index is 0.497. The lowest BCUT2D eigenvalue weighted by Gasteiger charge is -2.22. The van der Waals surface area contributed by atoms with Gasteiger partial charge in [-0.1, -0.05) is 24.3 Å². The Morgan fingerprint density at radius 2 is 1.78 bits per heavy atom. The number of rotatable bonds is 3. The second kappa shape index (κ2) is 5.42. The number of benzene rings is 1. The molecule has 0 unspecified atom stereocenters. The fourth-order valence-corrected chi connectivity index (χ4v) is 2.59. The Hall–Kier alpha value is -3.41. The van der Waals surface area contributed by atoms with E-state index < -0.39 is 0 Å². The van der Waals surface area contributed by atoms with Crippen molar-refractivity contribution in [3.8, 4) is 0 Å². The normalized spacial score (nSPS) is 10.8. The Balaban J connectivity index is 1.94. The van der Waals surface area contributed by atoms with E-state index in [1.165, 1.54) is 0 Å². The van der Waals surface area contributed by atoms with Gasteiger partial charge in [0.25, 0.3) is 0 Å². The summed E-state index contributed by atoms with van der Waals surface area (Å²) in [5.74, 6) is 2.02. The van der Waals surface area contributed by atoms with Gasteiger partial charge >= 0.3 is 0 Å². The van der Waals surface area contributed by atoms with Crippen LogP contribution in [-0.2, 0) is 0 Å². The summed E-state index contributed by atoms with van der Waals surface area (Å²) in [5, 5.41) is 8.99. The topological polar surface area (TPSA) is 83.7 Å². The SMILES string of the molecule is Nc1nc(N(c2ccncc2)c2ccn[nH]2)cc2ccccc12. The highest BCUT2D eigenvalue weighted by molar-refractivity contribution is 5.94. The molecular weight excluding hydrogens is 288 g/mol. The van der Waals surface area contributed by atoms with E-state index in [1.807, 2.05) is 53.4 Å². The van der Waals surface area contributed by atoms with E-state index in [0.717, 1.165) is 28.1 Å². The third-order valence-electron chi connectivity index (χ3n) is 3.63. The van der Waals surface area contributed by atoms with Gasteiger partial charge in [0, 0.05) is 23.8 Å². The average Bonchev–Trinajstić information content (AvgIpc) is 3.10. The first-order valence-corrected chi connectivity index (χ1v) is 7.18. The molecule has 3 aromatic heterocycles. The third-order valence-corrected chi connectivity index (χ3v) is 3.63. The molecule has 0 saturated heterocycles. The molecule has 0 spiro atoms. The Kier molecular flexibility index (Phi) is 3.12. The van der Waals surface area contributed by atoms with Crippen molar-refractivity contribution in [2.75, 3.05) is 10.6 Å². The van der Waals surface area contributed by atoms with Gasteiger partial charge in [0.1, 0.15) is 17.5 Å². The van der Waals surface area contributed by atoms with Crippen LogP contribution >= 0.6 is 0 Å². The van der Waals surface area contributed by atoms with Gasteiger partial charge in [-0.05, 0) is 23.6 Å². The maximum Gasteiger partial charge on any atom is 0.141 e. The molecule has 0 amide bonds. The number of nitrogens with one attached hydrogen (secondary N) is 1. The van der Waals surface area contributed by atoms with Crippen LogP contribution in [0.4, 0.5) is 23.1 Å². The van der Waals surface area contributed by atoms with Crippen molar-refractivity contribution in [1.82, 2.24) is 20.2 Å². The van der Waals surface area contributed by atoms with Crippen LogP contribution in [0.2, 0.25) is 0 Å². The lowest BCUT2D eigenvalue weighted by atomic mass is 10.1. The van der Waals surface area contributed by atoms with E-state index in [9.17, 15) is 0 Å². The molecule has 0 aliphatic heterocycles. The highest BCUT2D eigenvalue weighted by atomic mass is 15.3. The van der Waals surface area contributed by atoms with E-state index in [2.05, 4.69) is 20.2 Å². The molecule has 0 saturated carbocycles. The van der Waals surface area contributed by atoms with Crippen LogP contribution in [0.5, 0.6) is 0 Å². The lowest BCUT2D eigenvalue weighted by molar-refractivity contribution is 1.05. The lowest BCUT2D eigenvalue weighted by Crippen LogP contribution is -2.13. The summed E-state index contributed by atoms with van der Waals surface area (Å²) >= 11 is 0. The van der Waals surface area contributed by atoms with Crippen molar-refractivity contribution in [1.29, 1.82) is 0 Å². The van der Waals surface area contributed by atoms with Crippen LogP contribution in [0.15, 0.2) is 67.1 Å². The zero-order valence-corrected chi connectivity index (χ0v) is 12.2. The average molecular weight is 302 g/mol.